The van der Waals surface area contributed by atoms with Crippen LogP contribution >= 0.6 is 11.3 Å². The summed E-state index contributed by atoms with van der Waals surface area (Å²) in [6.07, 6.45) is -4.33. The largest absolute Gasteiger partial charge is 0.416 e. The lowest BCUT2D eigenvalue weighted by Crippen LogP contribution is -2.37. The van der Waals surface area contributed by atoms with Crippen molar-refractivity contribution < 1.29 is 22.7 Å². The van der Waals surface area contributed by atoms with E-state index in [1.54, 1.807) is 0 Å². The molecule has 0 spiro atoms. The lowest BCUT2D eigenvalue weighted by molar-refractivity contribution is -0.137. The first-order valence-electron chi connectivity index (χ1n) is 7.79. The number of morpholine rings is 1. The van der Waals surface area contributed by atoms with Crippen molar-refractivity contribution in [3.05, 3.63) is 46.2 Å². The molecule has 8 heteroatoms. The van der Waals surface area contributed by atoms with E-state index in [0.717, 1.165) is 17.0 Å². The summed E-state index contributed by atoms with van der Waals surface area (Å²) in [4.78, 5) is 15.0. The number of carbonyl (C=O) groups excluding carboxylic acids is 1. The number of alkyl halides is 3. The van der Waals surface area contributed by atoms with E-state index >= 15 is 0 Å². The first kappa shape index (κ1) is 17.8. The van der Waals surface area contributed by atoms with Crippen LogP contribution < -0.4 is 10.2 Å². The van der Waals surface area contributed by atoms with Gasteiger partial charge in [0, 0.05) is 18.0 Å². The van der Waals surface area contributed by atoms with Gasteiger partial charge in [-0.15, -0.1) is 11.3 Å². The second-order valence-corrected chi connectivity index (χ2v) is 6.67. The van der Waals surface area contributed by atoms with Crippen molar-refractivity contribution in [1.82, 2.24) is 0 Å². The molecule has 1 aromatic heterocycles. The molecule has 1 amide bonds. The number of anilines is 2. The number of benzene rings is 1. The molecule has 0 unspecified atom stereocenters. The highest BCUT2D eigenvalue weighted by atomic mass is 32.1. The third-order valence-corrected chi connectivity index (χ3v) is 4.74. The van der Waals surface area contributed by atoms with E-state index in [0.29, 0.717) is 32.0 Å². The first-order chi connectivity index (χ1) is 11.9. The summed E-state index contributed by atoms with van der Waals surface area (Å²) in [5, 5.41) is 4.50. The van der Waals surface area contributed by atoms with Gasteiger partial charge < -0.3 is 15.0 Å². The van der Waals surface area contributed by atoms with Gasteiger partial charge in [0.15, 0.2) is 0 Å². The summed E-state index contributed by atoms with van der Waals surface area (Å²) in [5.74, 6) is -0.337. The Kier molecular flexibility index (Phi) is 5.29. The van der Waals surface area contributed by atoms with Crippen LogP contribution in [0.1, 0.15) is 10.4 Å². The van der Waals surface area contributed by atoms with Crippen LogP contribution in [0.25, 0.3) is 0 Å². The van der Waals surface area contributed by atoms with Gasteiger partial charge in [-0.3, -0.25) is 4.79 Å². The fraction of sp³-hybridized carbons (Fsp3) is 0.353. The van der Waals surface area contributed by atoms with Gasteiger partial charge in [-0.05, 0) is 29.6 Å². The Bertz CT molecular complexity index is 726. The minimum absolute atomic E-state index is 0.135. The van der Waals surface area contributed by atoms with Gasteiger partial charge in [-0.25, -0.2) is 0 Å². The predicted molar refractivity (Wildman–Crippen MR) is 91.1 cm³/mol. The van der Waals surface area contributed by atoms with Gasteiger partial charge in [0.05, 0.1) is 36.6 Å². The number of thiophene rings is 1. The quantitative estimate of drug-likeness (QED) is 0.891. The van der Waals surface area contributed by atoms with E-state index in [2.05, 4.69) is 5.32 Å². The molecule has 1 fully saturated rings. The van der Waals surface area contributed by atoms with E-state index in [4.69, 9.17) is 4.74 Å². The average Bonchev–Trinajstić information content (AvgIpc) is 3.07. The second-order valence-electron chi connectivity index (χ2n) is 5.63. The van der Waals surface area contributed by atoms with Gasteiger partial charge in [-0.2, -0.15) is 13.2 Å². The molecular weight excluding hydrogens is 353 g/mol. The number of ether oxygens (including phenoxy) is 1. The van der Waals surface area contributed by atoms with Gasteiger partial charge in [-0.1, -0.05) is 6.07 Å². The van der Waals surface area contributed by atoms with Crippen molar-refractivity contribution in [3.63, 3.8) is 0 Å². The van der Waals surface area contributed by atoms with Crippen LogP contribution in [-0.4, -0.2) is 32.2 Å². The molecule has 4 nitrogen and oxygen atoms in total. The molecule has 25 heavy (non-hydrogen) atoms. The SMILES string of the molecule is O=C(Cc1cccs1)Nc1cc(C(F)(F)F)ccc1N1CCOCC1. The minimum atomic E-state index is -4.46. The molecule has 2 heterocycles. The predicted octanol–water partition coefficient (Wildman–Crippen LogP) is 3.78. The molecule has 2 aromatic rings. The maximum atomic E-state index is 13.0. The molecule has 1 aromatic carbocycles. The number of amides is 1. The molecule has 0 bridgehead atoms. The molecule has 0 saturated carbocycles. The minimum Gasteiger partial charge on any atom is -0.378 e. The molecule has 3 rings (SSSR count). The second kappa shape index (κ2) is 7.45. The van der Waals surface area contributed by atoms with E-state index < -0.39 is 11.7 Å². The van der Waals surface area contributed by atoms with Crippen molar-refractivity contribution in [3.8, 4) is 0 Å². The van der Waals surface area contributed by atoms with Crippen molar-refractivity contribution >= 4 is 28.6 Å². The lowest BCUT2D eigenvalue weighted by atomic mass is 10.1. The molecule has 134 valence electrons. The topological polar surface area (TPSA) is 41.6 Å². The van der Waals surface area contributed by atoms with Crippen molar-refractivity contribution in [1.29, 1.82) is 0 Å². The normalized spacial score (nSPS) is 15.2. The Labute approximate surface area is 147 Å². The van der Waals surface area contributed by atoms with Crippen LogP contribution in [0.5, 0.6) is 0 Å². The highest BCUT2D eigenvalue weighted by Gasteiger charge is 2.31. The van der Waals surface area contributed by atoms with E-state index in [9.17, 15) is 18.0 Å². The number of hydrogen-bond donors (Lipinski definition) is 1. The van der Waals surface area contributed by atoms with Crippen LogP contribution in [0.2, 0.25) is 0 Å². The van der Waals surface area contributed by atoms with Crippen molar-refractivity contribution in [2.45, 2.75) is 12.6 Å². The fourth-order valence-corrected chi connectivity index (χ4v) is 3.36. The molecule has 1 N–H and O–H groups in total. The van der Waals surface area contributed by atoms with E-state index in [1.807, 2.05) is 22.4 Å². The number of rotatable bonds is 4. The summed E-state index contributed by atoms with van der Waals surface area (Å²) in [6.45, 7) is 2.14. The van der Waals surface area contributed by atoms with Gasteiger partial charge in [0.1, 0.15) is 0 Å². The van der Waals surface area contributed by atoms with Crippen LogP contribution in [0, 0.1) is 0 Å². The first-order valence-corrected chi connectivity index (χ1v) is 8.67. The third-order valence-electron chi connectivity index (χ3n) is 3.86. The van der Waals surface area contributed by atoms with Gasteiger partial charge >= 0.3 is 6.18 Å². The van der Waals surface area contributed by atoms with Crippen molar-refractivity contribution in [2.75, 3.05) is 36.5 Å². The monoisotopic (exact) mass is 370 g/mol. The number of nitrogens with zero attached hydrogens (tertiary/aromatic N) is 1. The van der Waals surface area contributed by atoms with E-state index in [1.165, 1.54) is 17.4 Å². The Morgan fingerprint density at radius 1 is 1.24 bits per heavy atom. The number of hydrogen-bond acceptors (Lipinski definition) is 4. The van der Waals surface area contributed by atoms with Crippen LogP contribution in [0.3, 0.4) is 0 Å². The average molecular weight is 370 g/mol. The molecule has 0 atom stereocenters. The number of carbonyl (C=O) groups is 1. The highest BCUT2D eigenvalue weighted by molar-refractivity contribution is 7.10. The summed E-state index contributed by atoms with van der Waals surface area (Å²) in [5.41, 5.74) is -0.0231. The summed E-state index contributed by atoms with van der Waals surface area (Å²) >= 11 is 1.43. The Morgan fingerprint density at radius 3 is 2.64 bits per heavy atom. The molecule has 0 radical (unpaired) electrons. The van der Waals surface area contributed by atoms with E-state index in [-0.39, 0.29) is 18.0 Å². The smallest absolute Gasteiger partial charge is 0.378 e. The van der Waals surface area contributed by atoms with Gasteiger partial charge in [0.25, 0.3) is 0 Å². The molecule has 1 aliphatic heterocycles. The molecule has 1 saturated heterocycles. The number of halogens is 3. The third kappa shape index (κ3) is 4.52. The van der Waals surface area contributed by atoms with Crippen LogP contribution in [0.15, 0.2) is 35.7 Å². The lowest BCUT2D eigenvalue weighted by Gasteiger charge is -2.31. The maximum Gasteiger partial charge on any atom is 0.416 e. The van der Waals surface area contributed by atoms with Gasteiger partial charge in [0.2, 0.25) is 5.91 Å². The zero-order chi connectivity index (χ0) is 17.9. The summed E-state index contributed by atoms with van der Waals surface area (Å²) in [6, 6.07) is 7.10. The molecular formula is C17H17F3N2O2S. The molecule has 0 aliphatic carbocycles. The Morgan fingerprint density at radius 2 is 2.00 bits per heavy atom. The summed E-state index contributed by atoms with van der Waals surface area (Å²) in [7, 11) is 0. The summed E-state index contributed by atoms with van der Waals surface area (Å²) < 4.78 is 44.4. The maximum absolute atomic E-state index is 13.0. The molecule has 1 aliphatic rings. The Hall–Kier alpha value is -2.06. The fourth-order valence-electron chi connectivity index (χ4n) is 2.66. The zero-order valence-electron chi connectivity index (χ0n) is 13.3. The Balaban J connectivity index is 1.85. The number of nitrogens with one attached hydrogen (secondary N) is 1. The highest BCUT2D eigenvalue weighted by Crippen LogP contribution is 2.35. The van der Waals surface area contributed by atoms with Crippen LogP contribution in [-0.2, 0) is 22.1 Å². The standard InChI is InChI=1S/C17H17F3N2O2S/c18-17(19,20)12-3-4-15(22-5-7-24-8-6-22)14(10-12)21-16(23)11-13-2-1-9-25-13/h1-4,9-10H,5-8,11H2,(H,21,23). The van der Waals surface area contributed by atoms with Crippen LogP contribution in [0.4, 0.5) is 24.5 Å². The van der Waals surface area contributed by atoms with Crippen molar-refractivity contribution in [2.24, 2.45) is 0 Å². The zero-order valence-corrected chi connectivity index (χ0v) is 14.1.